The van der Waals surface area contributed by atoms with E-state index < -0.39 is 15.9 Å². The molecule has 0 fully saturated rings. The molecular weight excluding hydrogens is 374 g/mol. The van der Waals surface area contributed by atoms with Gasteiger partial charge in [0.25, 0.3) is 10.1 Å². The standard InChI is InChI=1S/C10H13N5O2.C6H6O3S/c1-3-15-7-5-11-4-6(7)12-8(15)9-13-17-10(16)14(9)2;7-10(8,9)6-4-2-1-3-5-6/h11H,3-5H2,1-2H3;1-5H,(H,7,8,9). The van der Waals surface area contributed by atoms with Gasteiger partial charge >= 0.3 is 5.76 Å². The molecule has 0 atom stereocenters. The number of hydrogen-bond acceptors (Lipinski definition) is 7. The fourth-order valence-electron chi connectivity index (χ4n) is 2.76. The molecule has 27 heavy (non-hydrogen) atoms. The minimum atomic E-state index is -4.00. The van der Waals surface area contributed by atoms with Crippen LogP contribution in [0.4, 0.5) is 0 Å². The van der Waals surface area contributed by atoms with E-state index in [9.17, 15) is 13.2 Å². The van der Waals surface area contributed by atoms with Crippen LogP contribution >= 0.6 is 0 Å². The van der Waals surface area contributed by atoms with Gasteiger partial charge in [-0.2, -0.15) is 8.42 Å². The van der Waals surface area contributed by atoms with E-state index in [0.29, 0.717) is 11.6 Å². The summed E-state index contributed by atoms with van der Waals surface area (Å²) in [5, 5.41) is 7.02. The molecule has 3 heterocycles. The molecule has 2 N–H and O–H groups in total. The van der Waals surface area contributed by atoms with Crippen molar-refractivity contribution in [3.8, 4) is 11.6 Å². The van der Waals surface area contributed by atoms with Gasteiger partial charge in [0.1, 0.15) is 0 Å². The molecular formula is C16H19N5O5S. The van der Waals surface area contributed by atoms with Crippen molar-refractivity contribution in [2.75, 3.05) is 0 Å². The molecule has 4 rings (SSSR count). The summed E-state index contributed by atoms with van der Waals surface area (Å²) in [6.45, 7) is 4.41. The van der Waals surface area contributed by atoms with Crippen LogP contribution in [-0.4, -0.2) is 32.2 Å². The Labute approximate surface area is 155 Å². The maximum absolute atomic E-state index is 11.3. The second kappa shape index (κ2) is 7.47. The number of nitrogens with one attached hydrogen (secondary N) is 1. The maximum Gasteiger partial charge on any atom is 0.441 e. The van der Waals surface area contributed by atoms with Crippen LogP contribution in [0.2, 0.25) is 0 Å². The second-order valence-electron chi connectivity index (χ2n) is 5.80. The Morgan fingerprint density at radius 2 is 1.93 bits per heavy atom. The molecule has 1 aliphatic heterocycles. The second-order valence-corrected chi connectivity index (χ2v) is 7.22. The molecule has 3 aromatic rings. The SMILES string of the molecule is CCn1c(-c2noc(=O)n2C)nc2c1CNC2.O=S(=O)(O)c1ccccc1. The van der Waals surface area contributed by atoms with Gasteiger partial charge in [-0.3, -0.25) is 13.6 Å². The lowest BCUT2D eigenvalue weighted by atomic mass is 10.4. The summed E-state index contributed by atoms with van der Waals surface area (Å²) >= 11 is 0. The number of benzene rings is 1. The molecule has 0 radical (unpaired) electrons. The highest BCUT2D eigenvalue weighted by Gasteiger charge is 2.24. The Morgan fingerprint density at radius 3 is 2.44 bits per heavy atom. The summed E-state index contributed by atoms with van der Waals surface area (Å²) in [4.78, 5) is 15.7. The molecule has 0 saturated heterocycles. The topological polar surface area (TPSA) is 132 Å². The van der Waals surface area contributed by atoms with Gasteiger partial charge in [0, 0.05) is 26.7 Å². The van der Waals surface area contributed by atoms with Gasteiger partial charge < -0.3 is 9.88 Å². The summed E-state index contributed by atoms with van der Waals surface area (Å²) in [5.41, 5.74) is 2.19. The molecule has 11 heteroatoms. The first-order valence-corrected chi connectivity index (χ1v) is 9.61. The number of fused-ring (bicyclic) bond motifs is 1. The average molecular weight is 393 g/mol. The van der Waals surface area contributed by atoms with Crippen LogP contribution < -0.4 is 11.1 Å². The highest BCUT2D eigenvalue weighted by atomic mass is 32.2. The van der Waals surface area contributed by atoms with Gasteiger partial charge in [-0.25, -0.2) is 9.78 Å². The van der Waals surface area contributed by atoms with Crippen molar-refractivity contribution in [1.82, 2.24) is 24.6 Å². The van der Waals surface area contributed by atoms with Crippen LogP contribution in [0, 0.1) is 0 Å². The van der Waals surface area contributed by atoms with Crippen molar-refractivity contribution in [3.05, 3.63) is 52.3 Å². The fraction of sp³-hybridized carbons (Fsp3) is 0.312. The zero-order valence-corrected chi connectivity index (χ0v) is 15.6. The first-order chi connectivity index (χ1) is 12.8. The Hall–Kier alpha value is -2.76. The molecule has 0 unspecified atom stereocenters. The van der Waals surface area contributed by atoms with Crippen molar-refractivity contribution in [2.45, 2.75) is 31.5 Å². The predicted octanol–water partition coefficient (Wildman–Crippen LogP) is 0.793. The number of hydrogen-bond donors (Lipinski definition) is 2. The maximum atomic E-state index is 11.3. The Balaban J connectivity index is 0.000000180. The van der Waals surface area contributed by atoms with Gasteiger partial charge in [-0.05, 0) is 19.1 Å². The molecule has 10 nitrogen and oxygen atoms in total. The largest absolute Gasteiger partial charge is 0.441 e. The predicted molar refractivity (Wildman–Crippen MR) is 95.4 cm³/mol. The zero-order chi connectivity index (χ0) is 19.6. The normalized spacial score (nSPS) is 13.1. The summed E-state index contributed by atoms with van der Waals surface area (Å²) in [5.74, 6) is 0.711. The van der Waals surface area contributed by atoms with E-state index in [2.05, 4.69) is 24.5 Å². The van der Waals surface area contributed by atoms with Crippen LogP contribution in [0.15, 0.2) is 44.5 Å². The molecule has 0 bridgehead atoms. The lowest BCUT2D eigenvalue weighted by molar-refractivity contribution is 0.380. The van der Waals surface area contributed by atoms with E-state index in [1.54, 1.807) is 25.2 Å². The van der Waals surface area contributed by atoms with Crippen LogP contribution in [-0.2, 0) is 36.8 Å². The van der Waals surface area contributed by atoms with Gasteiger partial charge in [0.05, 0.1) is 16.3 Å². The monoisotopic (exact) mass is 393 g/mol. The van der Waals surface area contributed by atoms with Crippen LogP contribution in [0.1, 0.15) is 18.3 Å². The molecule has 1 aromatic carbocycles. The molecule has 0 aliphatic carbocycles. The summed E-state index contributed by atoms with van der Waals surface area (Å²) in [6.07, 6.45) is 0. The first-order valence-electron chi connectivity index (χ1n) is 8.17. The third-order valence-corrected chi connectivity index (χ3v) is 4.97. The summed E-state index contributed by atoms with van der Waals surface area (Å²) in [6, 6.07) is 7.42. The minimum Gasteiger partial charge on any atom is -0.324 e. The Morgan fingerprint density at radius 1 is 1.22 bits per heavy atom. The van der Waals surface area contributed by atoms with Crippen LogP contribution in [0.25, 0.3) is 11.6 Å². The van der Waals surface area contributed by atoms with Crippen molar-refractivity contribution >= 4 is 10.1 Å². The van der Waals surface area contributed by atoms with Crippen molar-refractivity contribution in [1.29, 1.82) is 0 Å². The summed E-state index contributed by atoms with van der Waals surface area (Å²) < 4.78 is 37.3. The molecule has 0 amide bonds. The van der Waals surface area contributed by atoms with E-state index in [1.807, 2.05) is 6.92 Å². The van der Waals surface area contributed by atoms with Crippen LogP contribution in [0.5, 0.6) is 0 Å². The highest BCUT2D eigenvalue weighted by Crippen LogP contribution is 2.23. The number of aromatic nitrogens is 4. The quantitative estimate of drug-likeness (QED) is 0.624. The first kappa shape index (κ1) is 19.0. The van der Waals surface area contributed by atoms with E-state index in [4.69, 9.17) is 4.55 Å². The van der Waals surface area contributed by atoms with Gasteiger partial charge in [0.2, 0.25) is 5.82 Å². The lowest BCUT2D eigenvalue weighted by Gasteiger charge is -2.06. The summed E-state index contributed by atoms with van der Waals surface area (Å²) in [7, 11) is -2.37. The van der Waals surface area contributed by atoms with Crippen molar-refractivity contribution in [2.24, 2.45) is 7.05 Å². The molecule has 0 spiro atoms. The van der Waals surface area contributed by atoms with Gasteiger partial charge in [-0.15, -0.1) is 0 Å². The molecule has 1 aliphatic rings. The van der Waals surface area contributed by atoms with Crippen LogP contribution in [0.3, 0.4) is 0 Å². The average Bonchev–Trinajstić information content (AvgIpc) is 3.31. The molecule has 2 aromatic heterocycles. The van der Waals surface area contributed by atoms with E-state index in [0.717, 1.165) is 31.0 Å². The van der Waals surface area contributed by atoms with Crippen molar-refractivity contribution < 1.29 is 17.5 Å². The van der Waals surface area contributed by atoms with E-state index >= 15 is 0 Å². The van der Waals surface area contributed by atoms with E-state index in [-0.39, 0.29) is 4.90 Å². The third kappa shape index (κ3) is 3.84. The zero-order valence-electron chi connectivity index (χ0n) is 14.8. The lowest BCUT2D eigenvalue weighted by Crippen LogP contribution is -2.13. The third-order valence-electron chi connectivity index (χ3n) is 4.10. The minimum absolute atomic E-state index is 0.0741. The van der Waals surface area contributed by atoms with Gasteiger partial charge in [0.15, 0.2) is 5.82 Å². The van der Waals surface area contributed by atoms with Crippen molar-refractivity contribution in [3.63, 3.8) is 0 Å². The Kier molecular flexibility index (Phi) is 5.26. The number of nitrogens with zero attached hydrogens (tertiary/aromatic N) is 4. The van der Waals surface area contributed by atoms with E-state index in [1.165, 1.54) is 16.7 Å². The smallest absolute Gasteiger partial charge is 0.324 e. The molecule has 0 saturated carbocycles. The van der Waals surface area contributed by atoms with Gasteiger partial charge in [-0.1, -0.05) is 23.4 Å². The fourth-order valence-corrected chi connectivity index (χ4v) is 3.26. The molecule has 144 valence electrons. The number of rotatable bonds is 3. The Bertz CT molecular complexity index is 1100. The highest BCUT2D eigenvalue weighted by molar-refractivity contribution is 7.85. The number of imidazole rings is 1.